The van der Waals surface area contributed by atoms with Crippen LogP contribution in [0.15, 0.2) is 4.52 Å². The Morgan fingerprint density at radius 3 is 2.76 bits per heavy atom. The lowest BCUT2D eigenvalue weighted by atomic mass is 9.91. The van der Waals surface area contributed by atoms with Crippen LogP contribution in [0, 0.1) is 5.92 Å². The lowest BCUT2D eigenvalue weighted by molar-refractivity contribution is -0.144. The number of nitrogens with zero attached hydrogens (tertiary/aromatic N) is 2. The summed E-state index contributed by atoms with van der Waals surface area (Å²) < 4.78 is 10.0. The molecule has 17 heavy (non-hydrogen) atoms. The maximum atomic E-state index is 11.8. The Morgan fingerprint density at radius 2 is 2.24 bits per heavy atom. The van der Waals surface area contributed by atoms with Crippen LogP contribution in [0.2, 0.25) is 0 Å². The van der Waals surface area contributed by atoms with Crippen molar-refractivity contribution in [3.63, 3.8) is 0 Å². The third-order valence-corrected chi connectivity index (χ3v) is 3.39. The number of aryl methyl sites for hydroxylation is 1. The summed E-state index contributed by atoms with van der Waals surface area (Å²) in [7, 11) is 1.40. The molecule has 0 aromatic carbocycles. The molecule has 1 atom stereocenters. The van der Waals surface area contributed by atoms with E-state index in [9.17, 15) is 4.79 Å². The van der Waals surface area contributed by atoms with Crippen LogP contribution in [0.4, 0.5) is 0 Å². The molecule has 0 bridgehead atoms. The zero-order valence-corrected chi connectivity index (χ0v) is 10.3. The van der Waals surface area contributed by atoms with Crippen molar-refractivity contribution in [1.29, 1.82) is 0 Å². The molecule has 0 aliphatic heterocycles. The van der Waals surface area contributed by atoms with Crippen LogP contribution in [0.1, 0.15) is 50.2 Å². The summed E-state index contributed by atoms with van der Waals surface area (Å²) in [6.45, 7) is 1.96. The molecule has 1 heterocycles. The van der Waals surface area contributed by atoms with E-state index in [-0.39, 0.29) is 17.8 Å². The fraction of sp³-hybridized carbons (Fsp3) is 0.750. The highest BCUT2D eigenvalue weighted by Gasteiger charge is 2.37. The Labute approximate surface area is 101 Å². The molecule has 0 spiro atoms. The molecule has 1 aromatic heterocycles. The van der Waals surface area contributed by atoms with Crippen molar-refractivity contribution in [2.24, 2.45) is 5.92 Å². The summed E-state index contributed by atoms with van der Waals surface area (Å²) in [5, 5.41) is 3.85. The van der Waals surface area contributed by atoms with Crippen LogP contribution in [0.5, 0.6) is 0 Å². The van der Waals surface area contributed by atoms with Gasteiger partial charge >= 0.3 is 5.97 Å². The van der Waals surface area contributed by atoms with E-state index in [0.717, 1.165) is 25.7 Å². The van der Waals surface area contributed by atoms with Gasteiger partial charge in [-0.1, -0.05) is 24.9 Å². The average molecular weight is 238 g/mol. The van der Waals surface area contributed by atoms with E-state index < -0.39 is 0 Å². The van der Waals surface area contributed by atoms with Gasteiger partial charge in [-0.15, -0.1) is 0 Å². The predicted molar refractivity (Wildman–Crippen MR) is 60.4 cm³/mol. The minimum Gasteiger partial charge on any atom is -0.468 e. The zero-order chi connectivity index (χ0) is 12.3. The van der Waals surface area contributed by atoms with Crippen LogP contribution in [-0.4, -0.2) is 23.2 Å². The molecule has 1 aliphatic carbocycles. The molecule has 0 amide bonds. The monoisotopic (exact) mass is 238 g/mol. The van der Waals surface area contributed by atoms with E-state index in [1.165, 1.54) is 7.11 Å². The molecule has 1 saturated carbocycles. The highest BCUT2D eigenvalue weighted by Crippen LogP contribution is 2.37. The number of rotatable bonds is 4. The van der Waals surface area contributed by atoms with E-state index in [2.05, 4.69) is 10.1 Å². The van der Waals surface area contributed by atoms with Crippen molar-refractivity contribution in [3.05, 3.63) is 11.7 Å². The summed E-state index contributed by atoms with van der Waals surface area (Å²) in [5.41, 5.74) is 0. The molecule has 0 radical (unpaired) electrons. The first-order chi connectivity index (χ1) is 8.26. The smallest absolute Gasteiger partial charge is 0.318 e. The molecule has 0 saturated heterocycles. The van der Waals surface area contributed by atoms with Crippen LogP contribution in [0.3, 0.4) is 0 Å². The number of hydrogen-bond donors (Lipinski definition) is 0. The van der Waals surface area contributed by atoms with E-state index in [4.69, 9.17) is 9.26 Å². The summed E-state index contributed by atoms with van der Waals surface area (Å²) in [6, 6.07) is 0. The van der Waals surface area contributed by atoms with Crippen molar-refractivity contribution in [2.45, 2.75) is 44.9 Å². The molecular formula is C12H18N2O3. The number of esters is 1. The second-order valence-corrected chi connectivity index (χ2v) is 4.45. The van der Waals surface area contributed by atoms with Gasteiger partial charge in [0.2, 0.25) is 5.89 Å². The van der Waals surface area contributed by atoms with Gasteiger partial charge in [-0.3, -0.25) is 4.79 Å². The van der Waals surface area contributed by atoms with E-state index in [0.29, 0.717) is 18.1 Å². The standard InChI is InChI=1S/C12H18N2O3/c1-3-9-13-11(17-14-9)10(12(15)16-2)8-6-4-5-7-8/h8,10H,3-7H2,1-2H3. The Balaban J connectivity index is 2.22. The first-order valence-electron chi connectivity index (χ1n) is 6.16. The molecule has 5 nitrogen and oxygen atoms in total. The fourth-order valence-corrected chi connectivity index (χ4v) is 2.45. The van der Waals surface area contributed by atoms with Crippen molar-refractivity contribution in [1.82, 2.24) is 10.1 Å². The largest absolute Gasteiger partial charge is 0.468 e. The average Bonchev–Trinajstić information content (AvgIpc) is 3.00. The number of aromatic nitrogens is 2. The summed E-state index contributed by atoms with van der Waals surface area (Å²) >= 11 is 0. The molecular weight excluding hydrogens is 220 g/mol. The Hall–Kier alpha value is -1.39. The summed E-state index contributed by atoms with van der Waals surface area (Å²) in [4.78, 5) is 16.1. The van der Waals surface area contributed by atoms with Crippen molar-refractivity contribution < 1.29 is 14.1 Å². The Kier molecular flexibility index (Phi) is 3.76. The van der Waals surface area contributed by atoms with Crippen molar-refractivity contribution in [3.8, 4) is 0 Å². The summed E-state index contributed by atoms with van der Waals surface area (Å²) in [5.74, 6) is 0.707. The van der Waals surface area contributed by atoms with Gasteiger partial charge in [0.25, 0.3) is 0 Å². The van der Waals surface area contributed by atoms with Crippen molar-refractivity contribution in [2.75, 3.05) is 7.11 Å². The van der Waals surface area contributed by atoms with Gasteiger partial charge in [0.1, 0.15) is 5.92 Å². The van der Waals surface area contributed by atoms with Gasteiger partial charge in [-0.2, -0.15) is 4.98 Å². The summed E-state index contributed by atoms with van der Waals surface area (Å²) in [6.07, 6.45) is 5.09. The number of methoxy groups -OCH3 is 1. The van der Waals surface area contributed by atoms with Gasteiger partial charge in [0, 0.05) is 6.42 Å². The minimum atomic E-state index is -0.379. The second kappa shape index (κ2) is 5.29. The lowest BCUT2D eigenvalue weighted by Gasteiger charge is -2.16. The third kappa shape index (κ3) is 2.48. The molecule has 0 N–H and O–H groups in total. The predicted octanol–water partition coefficient (Wildman–Crippen LogP) is 2.08. The van der Waals surface area contributed by atoms with Gasteiger partial charge in [0.15, 0.2) is 5.82 Å². The highest BCUT2D eigenvalue weighted by molar-refractivity contribution is 5.77. The first-order valence-corrected chi connectivity index (χ1v) is 6.16. The number of hydrogen-bond acceptors (Lipinski definition) is 5. The lowest BCUT2D eigenvalue weighted by Crippen LogP contribution is -2.21. The Morgan fingerprint density at radius 1 is 1.53 bits per heavy atom. The van der Waals surface area contributed by atoms with E-state index in [1.807, 2.05) is 6.92 Å². The third-order valence-electron chi connectivity index (χ3n) is 3.39. The number of carbonyl (C=O) groups excluding carboxylic acids is 1. The fourth-order valence-electron chi connectivity index (χ4n) is 2.45. The first kappa shape index (κ1) is 12.1. The van der Waals surface area contributed by atoms with Crippen LogP contribution >= 0.6 is 0 Å². The second-order valence-electron chi connectivity index (χ2n) is 4.45. The van der Waals surface area contributed by atoms with E-state index in [1.54, 1.807) is 0 Å². The molecule has 1 unspecified atom stereocenters. The molecule has 1 fully saturated rings. The molecule has 1 aromatic rings. The Bertz CT molecular complexity index is 383. The number of ether oxygens (including phenoxy) is 1. The molecule has 5 heteroatoms. The SMILES string of the molecule is CCc1noc(C(C(=O)OC)C2CCCC2)n1. The van der Waals surface area contributed by atoms with E-state index >= 15 is 0 Å². The minimum absolute atomic E-state index is 0.261. The zero-order valence-electron chi connectivity index (χ0n) is 10.3. The van der Waals surface area contributed by atoms with Crippen LogP contribution < -0.4 is 0 Å². The normalized spacial score (nSPS) is 18.2. The highest BCUT2D eigenvalue weighted by atomic mass is 16.5. The topological polar surface area (TPSA) is 65.2 Å². The molecule has 1 aliphatic rings. The quantitative estimate of drug-likeness (QED) is 0.751. The van der Waals surface area contributed by atoms with Crippen LogP contribution in [-0.2, 0) is 16.0 Å². The van der Waals surface area contributed by atoms with Gasteiger partial charge in [-0.25, -0.2) is 0 Å². The molecule has 94 valence electrons. The maximum Gasteiger partial charge on any atom is 0.318 e. The van der Waals surface area contributed by atoms with Gasteiger partial charge in [-0.05, 0) is 18.8 Å². The maximum absolute atomic E-state index is 11.8. The molecule has 2 rings (SSSR count). The van der Waals surface area contributed by atoms with Gasteiger partial charge < -0.3 is 9.26 Å². The van der Waals surface area contributed by atoms with Crippen LogP contribution in [0.25, 0.3) is 0 Å². The van der Waals surface area contributed by atoms with Crippen molar-refractivity contribution >= 4 is 5.97 Å². The number of carbonyl (C=O) groups is 1. The van der Waals surface area contributed by atoms with Gasteiger partial charge in [0.05, 0.1) is 7.11 Å².